The largest absolute Gasteiger partial charge is 0.490 e. The Morgan fingerprint density at radius 2 is 2.04 bits per heavy atom. The Hall–Kier alpha value is -1.83. The van der Waals surface area contributed by atoms with Crippen molar-refractivity contribution in [1.29, 1.82) is 0 Å². The molecule has 2 aromatic carbocycles. The number of hydrogen-bond acceptors (Lipinski definition) is 5. The lowest BCUT2D eigenvalue weighted by Gasteiger charge is -2.13. The zero-order valence-corrected chi connectivity index (χ0v) is 17.2. The summed E-state index contributed by atoms with van der Waals surface area (Å²) in [5.41, 5.74) is 1.91. The highest BCUT2D eigenvalue weighted by atomic mass is 79.9. The second-order valence-corrected chi connectivity index (χ2v) is 8.04. The Labute approximate surface area is 170 Å². The Morgan fingerprint density at radius 1 is 1.19 bits per heavy atom. The average molecular weight is 450 g/mol. The SMILES string of the molecule is CCOc1cc(/C=C2/SC(=S)NC2=O)ccc1OCc1cccc(Br)c1. The Balaban J connectivity index is 1.79. The number of rotatable bonds is 6. The number of ether oxygens (including phenoxy) is 2. The van der Waals surface area contributed by atoms with Crippen LogP contribution in [-0.4, -0.2) is 16.8 Å². The summed E-state index contributed by atoms with van der Waals surface area (Å²) >= 11 is 9.72. The molecule has 0 spiro atoms. The van der Waals surface area contributed by atoms with E-state index in [1.54, 1.807) is 6.08 Å². The molecule has 3 rings (SSSR count). The van der Waals surface area contributed by atoms with Gasteiger partial charge in [0.25, 0.3) is 5.91 Å². The third-order valence-electron chi connectivity index (χ3n) is 3.49. The summed E-state index contributed by atoms with van der Waals surface area (Å²) in [7, 11) is 0. The van der Waals surface area contributed by atoms with Crippen molar-refractivity contribution in [2.24, 2.45) is 0 Å². The molecule has 0 bridgehead atoms. The predicted octanol–water partition coefficient (Wildman–Crippen LogP) is 4.92. The van der Waals surface area contributed by atoms with Crippen molar-refractivity contribution in [1.82, 2.24) is 5.32 Å². The molecule has 0 radical (unpaired) electrons. The molecule has 134 valence electrons. The summed E-state index contributed by atoms with van der Waals surface area (Å²) < 4.78 is 13.1. The van der Waals surface area contributed by atoms with Crippen molar-refractivity contribution in [2.45, 2.75) is 13.5 Å². The molecule has 26 heavy (non-hydrogen) atoms. The van der Waals surface area contributed by atoms with E-state index in [0.717, 1.165) is 15.6 Å². The minimum Gasteiger partial charge on any atom is -0.490 e. The lowest BCUT2D eigenvalue weighted by Crippen LogP contribution is -2.17. The topological polar surface area (TPSA) is 47.6 Å². The summed E-state index contributed by atoms with van der Waals surface area (Å²) in [5, 5.41) is 2.61. The summed E-state index contributed by atoms with van der Waals surface area (Å²) in [5.74, 6) is 1.13. The number of hydrogen-bond donors (Lipinski definition) is 1. The number of carbonyl (C=O) groups is 1. The summed E-state index contributed by atoms with van der Waals surface area (Å²) in [6.45, 7) is 2.88. The van der Waals surface area contributed by atoms with Gasteiger partial charge in [0, 0.05) is 4.47 Å². The van der Waals surface area contributed by atoms with Crippen LogP contribution in [0.4, 0.5) is 0 Å². The molecule has 0 saturated carbocycles. The number of benzene rings is 2. The van der Waals surface area contributed by atoms with Gasteiger partial charge in [-0.1, -0.05) is 58.1 Å². The van der Waals surface area contributed by atoms with Gasteiger partial charge in [-0.15, -0.1) is 0 Å². The minimum absolute atomic E-state index is 0.173. The van der Waals surface area contributed by atoms with Gasteiger partial charge in [-0.05, 0) is 48.4 Å². The van der Waals surface area contributed by atoms with Gasteiger partial charge in [0.2, 0.25) is 0 Å². The highest BCUT2D eigenvalue weighted by molar-refractivity contribution is 9.10. The highest BCUT2D eigenvalue weighted by Crippen LogP contribution is 2.32. The maximum atomic E-state index is 11.8. The molecular formula is C19H16BrNO3S2. The standard InChI is InChI=1S/C19H16BrNO3S2/c1-2-23-16-9-12(10-17-18(22)21-19(25)26-17)6-7-15(16)24-11-13-4-3-5-14(20)8-13/h3-10H,2,11H2,1H3,(H,21,22,25)/b17-10+. The first-order chi connectivity index (χ1) is 12.5. The molecule has 0 unspecified atom stereocenters. The fourth-order valence-corrected chi connectivity index (χ4v) is 3.85. The van der Waals surface area contributed by atoms with Crippen LogP contribution in [0.1, 0.15) is 18.1 Å². The van der Waals surface area contributed by atoms with E-state index in [4.69, 9.17) is 21.7 Å². The number of nitrogens with one attached hydrogen (secondary N) is 1. The quantitative estimate of drug-likeness (QED) is 0.501. The number of thiocarbonyl (C=S) groups is 1. The molecular weight excluding hydrogens is 434 g/mol. The smallest absolute Gasteiger partial charge is 0.263 e. The molecule has 4 nitrogen and oxygen atoms in total. The van der Waals surface area contributed by atoms with E-state index in [0.29, 0.717) is 33.9 Å². The van der Waals surface area contributed by atoms with Crippen LogP contribution >= 0.6 is 39.9 Å². The third-order valence-corrected chi connectivity index (χ3v) is 5.15. The van der Waals surface area contributed by atoms with Gasteiger partial charge in [0.15, 0.2) is 11.5 Å². The zero-order chi connectivity index (χ0) is 18.5. The van der Waals surface area contributed by atoms with E-state index in [2.05, 4.69) is 21.2 Å². The predicted molar refractivity (Wildman–Crippen MR) is 112 cm³/mol. The van der Waals surface area contributed by atoms with Crippen LogP contribution < -0.4 is 14.8 Å². The lowest BCUT2D eigenvalue weighted by molar-refractivity contribution is -0.115. The van der Waals surface area contributed by atoms with Crippen LogP contribution in [0.25, 0.3) is 6.08 Å². The molecule has 0 aliphatic carbocycles. The number of amides is 1. The summed E-state index contributed by atoms with van der Waals surface area (Å²) in [6.07, 6.45) is 1.79. The van der Waals surface area contributed by atoms with Crippen LogP contribution in [0.2, 0.25) is 0 Å². The Bertz CT molecular complexity index is 883. The van der Waals surface area contributed by atoms with Crippen molar-refractivity contribution in [2.75, 3.05) is 6.61 Å². The molecule has 1 amide bonds. The molecule has 1 fully saturated rings. The van der Waals surface area contributed by atoms with Crippen molar-refractivity contribution in [3.63, 3.8) is 0 Å². The van der Waals surface area contributed by atoms with Crippen LogP contribution in [0.3, 0.4) is 0 Å². The van der Waals surface area contributed by atoms with Crippen LogP contribution in [0.15, 0.2) is 51.8 Å². The maximum absolute atomic E-state index is 11.8. The third kappa shape index (κ3) is 4.87. The van der Waals surface area contributed by atoms with Gasteiger partial charge in [-0.25, -0.2) is 0 Å². The summed E-state index contributed by atoms with van der Waals surface area (Å²) in [4.78, 5) is 12.4. The molecule has 1 heterocycles. The molecule has 7 heteroatoms. The lowest BCUT2D eigenvalue weighted by atomic mass is 10.2. The van der Waals surface area contributed by atoms with Gasteiger partial charge in [0.1, 0.15) is 10.9 Å². The van der Waals surface area contributed by atoms with Crippen LogP contribution in [0.5, 0.6) is 11.5 Å². The van der Waals surface area contributed by atoms with Gasteiger partial charge in [0.05, 0.1) is 11.5 Å². The Kier molecular flexibility index (Phi) is 6.34. The molecule has 1 aliphatic rings. The van der Waals surface area contributed by atoms with Crippen molar-refractivity contribution in [3.05, 3.63) is 63.0 Å². The van der Waals surface area contributed by atoms with Crippen LogP contribution in [0, 0.1) is 0 Å². The fraction of sp³-hybridized carbons (Fsp3) is 0.158. The first-order valence-electron chi connectivity index (χ1n) is 7.94. The monoisotopic (exact) mass is 449 g/mol. The summed E-state index contributed by atoms with van der Waals surface area (Å²) in [6, 6.07) is 13.6. The van der Waals surface area contributed by atoms with Crippen molar-refractivity contribution < 1.29 is 14.3 Å². The molecule has 0 aromatic heterocycles. The molecule has 1 saturated heterocycles. The second kappa shape index (κ2) is 8.70. The fourth-order valence-electron chi connectivity index (χ4n) is 2.36. The van der Waals surface area contributed by atoms with Crippen molar-refractivity contribution >= 4 is 56.2 Å². The normalized spacial score (nSPS) is 15.2. The van der Waals surface area contributed by atoms with E-state index in [1.165, 1.54) is 11.8 Å². The average Bonchev–Trinajstić information content (AvgIpc) is 2.92. The van der Waals surface area contributed by atoms with E-state index in [1.807, 2.05) is 49.4 Å². The highest BCUT2D eigenvalue weighted by Gasteiger charge is 2.22. The molecule has 2 aromatic rings. The second-order valence-electron chi connectivity index (χ2n) is 5.41. The van der Waals surface area contributed by atoms with Crippen molar-refractivity contribution in [3.8, 4) is 11.5 Å². The van der Waals surface area contributed by atoms with Gasteiger partial charge < -0.3 is 14.8 Å². The zero-order valence-electron chi connectivity index (χ0n) is 14.0. The number of thioether (sulfide) groups is 1. The van der Waals surface area contributed by atoms with E-state index in [9.17, 15) is 4.79 Å². The molecule has 0 atom stereocenters. The van der Waals surface area contributed by atoms with Gasteiger partial charge in [-0.2, -0.15) is 0 Å². The van der Waals surface area contributed by atoms with Crippen LogP contribution in [-0.2, 0) is 11.4 Å². The molecule has 1 aliphatic heterocycles. The van der Waals surface area contributed by atoms with E-state index >= 15 is 0 Å². The van der Waals surface area contributed by atoms with Gasteiger partial charge >= 0.3 is 0 Å². The number of carbonyl (C=O) groups excluding carboxylic acids is 1. The molecule has 1 N–H and O–H groups in total. The van der Waals surface area contributed by atoms with E-state index in [-0.39, 0.29) is 5.91 Å². The minimum atomic E-state index is -0.173. The van der Waals surface area contributed by atoms with E-state index < -0.39 is 0 Å². The number of halogens is 1. The Morgan fingerprint density at radius 3 is 2.73 bits per heavy atom. The maximum Gasteiger partial charge on any atom is 0.263 e. The van der Waals surface area contributed by atoms with Gasteiger partial charge in [-0.3, -0.25) is 4.79 Å². The first kappa shape index (κ1) is 18.9. The first-order valence-corrected chi connectivity index (χ1v) is 9.96.